The maximum atomic E-state index is 6.21. The van der Waals surface area contributed by atoms with E-state index < -0.39 is 0 Å². The molecule has 0 saturated carbocycles. The van der Waals surface area contributed by atoms with Gasteiger partial charge in [-0.25, -0.2) is 4.98 Å². The molecule has 4 rings (SSSR count). The maximum absolute atomic E-state index is 6.21. The Bertz CT molecular complexity index is 1100. The normalized spacial score (nSPS) is 11.3. The van der Waals surface area contributed by atoms with Crippen LogP contribution in [0, 0.1) is 0 Å². The van der Waals surface area contributed by atoms with Crippen molar-refractivity contribution in [2.45, 2.75) is 26.2 Å². The Balaban J connectivity index is 1.60. The lowest BCUT2D eigenvalue weighted by Crippen LogP contribution is -2.12. The first-order valence-electron chi connectivity index (χ1n) is 9.39. The monoisotopic (exact) mass is 402 g/mol. The van der Waals surface area contributed by atoms with Crippen molar-refractivity contribution in [1.82, 2.24) is 14.3 Å². The van der Waals surface area contributed by atoms with Crippen LogP contribution in [0.4, 0.5) is 11.6 Å². The minimum Gasteiger partial charge on any atom is -0.437 e. The fourth-order valence-corrected chi connectivity index (χ4v) is 3.57. The van der Waals surface area contributed by atoms with Crippen LogP contribution >= 0.6 is 11.5 Å². The van der Waals surface area contributed by atoms with Crippen molar-refractivity contribution < 1.29 is 4.74 Å². The number of nitrogens with one attached hydrogen (secondary N) is 1. The van der Waals surface area contributed by atoms with E-state index in [9.17, 15) is 0 Å². The second-order valence-corrected chi connectivity index (χ2v) is 8.37. The largest absolute Gasteiger partial charge is 0.437 e. The van der Waals surface area contributed by atoms with E-state index in [1.54, 1.807) is 6.20 Å². The number of nitrogens with zero attached hydrogens (tertiary/aromatic N) is 3. The highest BCUT2D eigenvalue weighted by atomic mass is 32.1. The van der Waals surface area contributed by atoms with Gasteiger partial charge in [-0.15, -0.1) is 0 Å². The number of ether oxygens (including phenoxy) is 1. The summed E-state index contributed by atoms with van der Waals surface area (Å²) in [5.74, 6) is 1.80. The molecule has 0 aliphatic rings. The topological polar surface area (TPSA) is 59.9 Å². The first-order valence-corrected chi connectivity index (χ1v) is 10.2. The summed E-state index contributed by atoms with van der Waals surface area (Å²) >= 11 is 1.35. The Labute approximate surface area is 174 Å². The van der Waals surface area contributed by atoms with Gasteiger partial charge in [0, 0.05) is 17.3 Å². The van der Waals surface area contributed by atoms with Crippen molar-refractivity contribution in [2.75, 3.05) is 5.32 Å². The molecule has 2 heterocycles. The molecule has 0 unspecified atom stereocenters. The predicted octanol–water partition coefficient (Wildman–Crippen LogP) is 6.43. The second kappa shape index (κ2) is 8.01. The zero-order chi connectivity index (χ0) is 20.3. The SMILES string of the molecule is CC(C)(C)c1ccccc1Oc1ncccc1Nc1nsc(-c2ccccc2)n1. The van der Waals surface area contributed by atoms with Crippen LogP contribution in [-0.2, 0) is 5.41 Å². The first kappa shape index (κ1) is 19.1. The summed E-state index contributed by atoms with van der Waals surface area (Å²) in [6, 6.07) is 21.8. The summed E-state index contributed by atoms with van der Waals surface area (Å²) in [4.78, 5) is 9.02. The van der Waals surface area contributed by atoms with E-state index in [1.807, 2.05) is 60.7 Å². The molecule has 29 heavy (non-hydrogen) atoms. The van der Waals surface area contributed by atoms with Gasteiger partial charge in [0.05, 0.1) is 0 Å². The van der Waals surface area contributed by atoms with Gasteiger partial charge >= 0.3 is 0 Å². The Hall–Kier alpha value is -3.25. The van der Waals surface area contributed by atoms with Crippen LogP contribution in [0.1, 0.15) is 26.3 Å². The minimum atomic E-state index is -0.0416. The fourth-order valence-electron chi connectivity index (χ4n) is 2.94. The summed E-state index contributed by atoms with van der Waals surface area (Å²) in [7, 11) is 0. The molecule has 5 nitrogen and oxygen atoms in total. The molecule has 6 heteroatoms. The molecular formula is C23H22N4OS. The van der Waals surface area contributed by atoms with E-state index in [0.29, 0.717) is 17.5 Å². The standard InChI is InChI=1S/C23H22N4OS/c1-23(2,3)17-12-7-8-14-19(17)28-20-18(13-9-15-24-20)25-22-26-21(29-27-22)16-10-5-4-6-11-16/h4-15H,1-3H3,(H,25,27). The number of pyridine rings is 1. The molecule has 0 aliphatic carbocycles. The Kier molecular flexibility index (Phi) is 5.27. The summed E-state index contributed by atoms with van der Waals surface area (Å²) < 4.78 is 10.6. The third-order valence-corrected chi connectivity index (χ3v) is 5.13. The van der Waals surface area contributed by atoms with Crippen LogP contribution in [0.25, 0.3) is 10.6 Å². The van der Waals surface area contributed by atoms with Gasteiger partial charge in [0.2, 0.25) is 11.8 Å². The molecular weight excluding hydrogens is 380 g/mol. The van der Waals surface area contributed by atoms with Crippen LogP contribution in [0.3, 0.4) is 0 Å². The zero-order valence-electron chi connectivity index (χ0n) is 16.6. The van der Waals surface area contributed by atoms with Gasteiger partial charge in [-0.1, -0.05) is 69.3 Å². The summed E-state index contributed by atoms with van der Waals surface area (Å²) in [5.41, 5.74) is 2.84. The molecule has 0 amide bonds. The predicted molar refractivity (Wildman–Crippen MR) is 118 cm³/mol. The minimum absolute atomic E-state index is 0.0416. The van der Waals surface area contributed by atoms with Gasteiger partial charge < -0.3 is 10.1 Å². The Morgan fingerprint density at radius 3 is 2.45 bits per heavy atom. The first-order chi connectivity index (χ1) is 14.0. The lowest BCUT2D eigenvalue weighted by Gasteiger charge is -2.22. The van der Waals surface area contributed by atoms with Gasteiger partial charge in [-0.2, -0.15) is 9.36 Å². The van der Waals surface area contributed by atoms with Crippen LogP contribution in [0.5, 0.6) is 11.6 Å². The molecule has 2 aromatic carbocycles. The molecule has 0 fully saturated rings. The van der Waals surface area contributed by atoms with Crippen molar-refractivity contribution in [3.63, 3.8) is 0 Å². The number of aromatic nitrogens is 3. The van der Waals surface area contributed by atoms with Crippen LogP contribution in [-0.4, -0.2) is 14.3 Å². The third-order valence-electron chi connectivity index (χ3n) is 4.37. The molecule has 0 aliphatic heterocycles. The second-order valence-electron chi connectivity index (χ2n) is 7.62. The zero-order valence-corrected chi connectivity index (χ0v) is 17.4. The highest BCUT2D eigenvalue weighted by molar-refractivity contribution is 7.09. The van der Waals surface area contributed by atoms with E-state index in [-0.39, 0.29) is 5.41 Å². The third kappa shape index (κ3) is 4.43. The number of benzene rings is 2. The van der Waals surface area contributed by atoms with Crippen molar-refractivity contribution >= 4 is 23.2 Å². The van der Waals surface area contributed by atoms with E-state index in [4.69, 9.17) is 4.74 Å². The van der Waals surface area contributed by atoms with Crippen molar-refractivity contribution in [3.8, 4) is 22.2 Å². The Morgan fingerprint density at radius 2 is 1.66 bits per heavy atom. The number of anilines is 2. The fraction of sp³-hybridized carbons (Fsp3) is 0.174. The van der Waals surface area contributed by atoms with Gasteiger partial charge in [-0.05, 0) is 35.1 Å². The molecule has 0 spiro atoms. The van der Waals surface area contributed by atoms with E-state index in [2.05, 4.69) is 46.5 Å². The quantitative estimate of drug-likeness (QED) is 0.416. The number of hydrogen-bond acceptors (Lipinski definition) is 6. The lowest BCUT2D eigenvalue weighted by atomic mass is 9.86. The molecule has 0 saturated heterocycles. The average molecular weight is 403 g/mol. The van der Waals surface area contributed by atoms with E-state index in [0.717, 1.165) is 21.9 Å². The number of para-hydroxylation sites is 1. The molecule has 0 bridgehead atoms. The average Bonchev–Trinajstić information content (AvgIpc) is 3.18. The highest BCUT2D eigenvalue weighted by Crippen LogP contribution is 2.36. The Morgan fingerprint density at radius 1 is 0.897 bits per heavy atom. The number of hydrogen-bond donors (Lipinski definition) is 1. The van der Waals surface area contributed by atoms with Crippen LogP contribution in [0.2, 0.25) is 0 Å². The van der Waals surface area contributed by atoms with Gasteiger partial charge in [0.15, 0.2) is 0 Å². The van der Waals surface area contributed by atoms with Crippen LogP contribution in [0.15, 0.2) is 72.9 Å². The number of rotatable bonds is 5. The molecule has 0 radical (unpaired) electrons. The van der Waals surface area contributed by atoms with E-state index >= 15 is 0 Å². The smallest absolute Gasteiger partial charge is 0.243 e. The maximum Gasteiger partial charge on any atom is 0.243 e. The summed E-state index contributed by atoms with van der Waals surface area (Å²) in [6.07, 6.45) is 1.71. The molecule has 2 aromatic heterocycles. The molecule has 146 valence electrons. The molecule has 1 N–H and O–H groups in total. The summed E-state index contributed by atoms with van der Waals surface area (Å²) in [6.45, 7) is 6.49. The summed E-state index contributed by atoms with van der Waals surface area (Å²) in [5, 5.41) is 4.10. The van der Waals surface area contributed by atoms with Crippen molar-refractivity contribution in [1.29, 1.82) is 0 Å². The highest BCUT2D eigenvalue weighted by Gasteiger charge is 2.20. The van der Waals surface area contributed by atoms with Gasteiger partial charge in [0.25, 0.3) is 0 Å². The van der Waals surface area contributed by atoms with Crippen molar-refractivity contribution in [3.05, 3.63) is 78.5 Å². The van der Waals surface area contributed by atoms with E-state index in [1.165, 1.54) is 11.5 Å². The molecule has 0 atom stereocenters. The van der Waals surface area contributed by atoms with Crippen LogP contribution < -0.4 is 10.1 Å². The molecule has 4 aromatic rings. The van der Waals surface area contributed by atoms with Gasteiger partial charge in [-0.3, -0.25) is 0 Å². The lowest BCUT2D eigenvalue weighted by molar-refractivity contribution is 0.442. The van der Waals surface area contributed by atoms with Crippen molar-refractivity contribution in [2.24, 2.45) is 0 Å². The van der Waals surface area contributed by atoms with Gasteiger partial charge in [0.1, 0.15) is 16.4 Å².